The highest BCUT2D eigenvalue weighted by molar-refractivity contribution is 14.0. The zero-order valence-corrected chi connectivity index (χ0v) is 13.0. The van der Waals surface area contributed by atoms with Gasteiger partial charge < -0.3 is 15.7 Å². The van der Waals surface area contributed by atoms with E-state index in [0.29, 0.717) is 12.5 Å². The van der Waals surface area contributed by atoms with Crippen molar-refractivity contribution in [3.05, 3.63) is 0 Å². The molecule has 0 aliphatic carbocycles. The third-order valence-corrected chi connectivity index (χ3v) is 2.41. The fraction of sp³-hybridized carbons (Fsp3) is 0.909. The molecule has 0 atom stereocenters. The third kappa shape index (κ3) is 9.21. The maximum atomic E-state index is 8.71. The summed E-state index contributed by atoms with van der Waals surface area (Å²) in [7, 11) is 0. The molecule has 0 saturated carbocycles. The normalized spacial score (nSPS) is 11.2. The molecule has 0 unspecified atom stereocenters. The monoisotopic (exact) mass is 343 g/mol. The van der Waals surface area contributed by atoms with Crippen LogP contribution in [0, 0.1) is 5.92 Å². The zero-order chi connectivity index (χ0) is 11.5. The second kappa shape index (κ2) is 13.0. The number of nitrogens with zero attached hydrogens (tertiary/aromatic N) is 1. The predicted octanol–water partition coefficient (Wildman–Crippen LogP) is 1.59. The van der Waals surface area contributed by atoms with Crippen LogP contribution in [0.5, 0.6) is 0 Å². The molecule has 0 radical (unpaired) electrons. The van der Waals surface area contributed by atoms with Crippen LogP contribution in [0.1, 0.15) is 33.6 Å². The predicted molar refractivity (Wildman–Crippen MR) is 80.6 cm³/mol. The van der Waals surface area contributed by atoms with Crippen molar-refractivity contribution in [2.75, 3.05) is 26.2 Å². The Labute approximate surface area is 116 Å². The molecule has 3 N–H and O–H groups in total. The first kappa shape index (κ1) is 18.3. The van der Waals surface area contributed by atoms with Crippen molar-refractivity contribution in [1.29, 1.82) is 0 Å². The maximum absolute atomic E-state index is 8.71. The number of nitrogens with one attached hydrogen (secondary N) is 2. The van der Waals surface area contributed by atoms with E-state index in [-0.39, 0.29) is 30.6 Å². The lowest BCUT2D eigenvalue weighted by Crippen LogP contribution is -2.39. The van der Waals surface area contributed by atoms with E-state index in [0.717, 1.165) is 19.0 Å². The molecular formula is C11H26IN3O. The Balaban J connectivity index is 0. The lowest BCUT2D eigenvalue weighted by molar-refractivity contribution is 0.300. The van der Waals surface area contributed by atoms with Crippen LogP contribution in [0.2, 0.25) is 0 Å². The number of hydrogen-bond donors (Lipinski definition) is 3. The van der Waals surface area contributed by atoms with Gasteiger partial charge in [0.05, 0.1) is 6.61 Å². The average molecular weight is 343 g/mol. The molecule has 0 bridgehead atoms. The number of guanidine groups is 1. The van der Waals surface area contributed by atoms with Crippen LogP contribution in [0.4, 0.5) is 0 Å². The largest absolute Gasteiger partial charge is 0.395 e. The van der Waals surface area contributed by atoms with Gasteiger partial charge in [0, 0.05) is 19.6 Å². The number of aliphatic hydroxyl groups is 1. The van der Waals surface area contributed by atoms with Gasteiger partial charge in [0.25, 0.3) is 0 Å². The van der Waals surface area contributed by atoms with Gasteiger partial charge in [0.2, 0.25) is 0 Å². The highest BCUT2D eigenvalue weighted by atomic mass is 127. The summed E-state index contributed by atoms with van der Waals surface area (Å²) in [4.78, 5) is 4.48. The van der Waals surface area contributed by atoms with Gasteiger partial charge >= 0.3 is 0 Å². The minimum absolute atomic E-state index is 0. The van der Waals surface area contributed by atoms with Crippen LogP contribution < -0.4 is 10.6 Å². The molecule has 0 heterocycles. The minimum atomic E-state index is 0. The molecule has 0 amide bonds. The molecule has 0 aliphatic rings. The summed E-state index contributed by atoms with van der Waals surface area (Å²) in [6.45, 7) is 8.81. The summed E-state index contributed by atoms with van der Waals surface area (Å²) in [6.07, 6.45) is 2.33. The van der Waals surface area contributed by atoms with Crippen molar-refractivity contribution >= 4 is 29.9 Å². The van der Waals surface area contributed by atoms with Gasteiger partial charge in [-0.1, -0.05) is 26.7 Å². The molecule has 0 aromatic rings. The quantitative estimate of drug-likeness (QED) is 0.374. The van der Waals surface area contributed by atoms with E-state index in [2.05, 4.69) is 29.5 Å². The van der Waals surface area contributed by atoms with Crippen LogP contribution in [-0.4, -0.2) is 37.3 Å². The van der Waals surface area contributed by atoms with Crippen LogP contribution >= 0.6 is 24.0 Å². The van der Waals surface area contributed by atoms with Crippen molar-refractivity contribution in [1.82, 2.24) is 10.6 Å². The molecule has 0 fully saturated rings. The van der Waals surface area contributed by atoms with Gasteiger partial charge in [-0.05, 0) is 12.8 Å². The van der Waals surface area contributed by atoms with E-state index in [9.17, 15) is 0 Å². The topological polar surface area (TPSA) is 56.7 Å². The minimum Gasteiger partial charge on any atom is -0.395 e. The van der Waals surface area contributed by atoms with Gasteiger partial charge in [0.15, 0.2) is 5.96 Å². The van der Waals surface area contributed by atoms with E-state index in [1.54, 1.807) is 0 Å². The van der Waals surface area contributed by atoms with E-state index < -0.39 is 0 Å². The molecule has 5 heteroatoms. The second-order valence-corrected chi connectivity index (χ2v) is 3.55. The number of aliphatic hydroxyl groups excluding tert-OH is 1. The molecule has 0 aliphatic heterocycles. The van der Waals surface area contributed by atoms with Crippen molar-refractivity contribution in [3.63, 3.8) is 0 Å². The Morgan fingerprint density at radius 3 is 2.25 bits per heavy atom. The molecule has 4 nitrogen and oxygen atoms in total. The summed E-state index contributed by atoms with van der Waals surface area (Å²) in [5, 5.41) is 14.9. The van der Waals surface area contributed by atoms with E-state index >= 15 is 0 Å². The van der Waals surface area contributed by atoms with Gasteiger partial charge in [-0.2, -0.15) is 0 Å². The van der Waals surface area contributed by atoms with Crippen molar-refractivity contribution in [2.24, 2.45) is 10.9 Å². The van der Waals surface area contributed by atoms with Crippen molar-refractivity contribution in [3.8, 4) is 0 Å². The Bertz CT molecular complexity index is 173. The maximum Gasteiger partial charge on any atom is 0.191 e. The molecule has 0 aromatic heterocycles. The Hall–Kier alpha value is -0.0400. The Morgan fingerprint density at radius 1 is 1.19 bits per heavy atom. The van der Waals surface area contributed by atoms with Crippen molar-refractivity contribution < 1.29 is 5.11 Å². The molecule has 98 valence electrons. The summed E-state index contributed by atoms with van der Waals surface area (Å²) >= 11 is 0. The standard InChI is InChI=1S/C11H25N3O.HI/c1-4-10(5-2)9-14-11(12-6-3)13-7-8-15;/h10,15H,4-9H2,1-3H3,(H2,12,13,14);1H. The second-order valence-electron chi connectivity index (χ2n) is 3.55. The number of rotatable bonds is 7. The summed E-state index contributed by atoms with van der Waals surface area (Å²) in [5.74, 6) is 1.47. The first-order valence-corrected chi connectivity index (χ1v) is 5.91. The highest BCUT2D eigenvalue weighted by Gasteiger charge is 2.02. The van der Waals surface area contributed by atoms with Crippen LogP contribution in [0.3, 0.4) is 0 Å². The summed E-state index contributed by atoms with van der Waals surface area (Å²) in [5.41, 5.74) is 0. The molecule has 0 aromatic carbocycles. The molecule has 16 heavy (non-hydrogen) atoms. The first-order chi connectivity index (χ1) is 7.28. The van der Waals surface area contributed by atoms with Gasteiger partial charge in [-0.3, -0.25) is 4.99 Å². The average Bonchev–Trinajstić information content (AvgIpc) is 2.27. The first-order valence-electron chi connectivity index (χ1n) is 5.91. The van der Waals surface area contributed by atoms with E-state index in [1.807, 2.05) is 6.92 Å². The summed E-state index contributed by atoms with van der Waals surface area (Å²) < 4.78 is 0. The third-order valence-electron chi connectivity index (χ3n) is 2.41. The SMILES string of the molecule is CCNC(=NCC(CC)CC)NCCO.I. The van der Waals surface area contributed by atoms with Crippen LogP contribution in [0.25, 0.3) is 0 Å². The van der Waals surface area contributed by atoms with Gasteiger partial charge in [-0.25, -0.2) is 0 Å². The highest BCUT2D eigenvalue weighted by Crippen LogP contribution is 2.06. The van der Waals surface area contributed by atoms with Crippen molar-refractivity contribution in [2.45, 2.75) is 33.6 Å². The molecule has 0 spiro atoms. The fourth-order valence-corrected chi connectivity index (χ4v) is 1.28. The smallest absolute Gasteiger partial charge is 0.191 e. The molecular weight excluding hydrogens is 317 g/mol. The summed E-state index contributed by atoms with van der Waals surface area (Å²) in [6, 6.07) is 0. The Morgan fingerprint density at radius 2 is 1.81 bits per heavy atom. The van der Waals surface area contributed by atoms with Gasteiger partial charge in [-0.15, -0.1) is 24.0 Å². The zero-order valence-electron chi connectivity index (χ0n) is 10.6. The van der Waals surface area contributed by atoms with E-state index in [4.69, 9.17) is 5.11 Å². The molecule has 0 rings (SSSR count). The van der Waals surface area contributed by atoms with Crippen LogP contribution in [-0.2, 0) is 0 Å². The number of hydrogen-bond acceptors (Lipinski definition) is 2. The number of halogens is 1. The number of aliphatic imine (C=N–C) groups is 1. The molecule has 0 saturated heterocycles. The lowest BCUT2D eigenvalue weighted by Gasteiger charge is -2.13. The van der Waals surface area contributed by atoms with Gasteiger partial charge in [0.1, 0.15) is 0 Å². The van der Waals surface area contributed by atoms with Crippen LogP contribution in [0.15, 0.2) is 4.99 Å². The van der Waals surface area contributed by atoms with E-state index in [1.165, 1.54) is 12.8 Å². The Kier molecular flexibility index (Phi) is 14.9. The lowest BCUT2D eigenvalue weighted by atomic mass is 10.0. The fourth-order valence-electron chi connectivity index (χ4n) is 1.28.